The third-order valence-corrected chi connectivity index (χ3v) is 6.97. The highest BCUT2D eigenvalue weighted by molar-refractivity contribution is 7.14. The fourth-order valence-electron chi connectivity index (χ4n) is 4.29. The average Bonchev–Trinajstić information content (AvgIpc) is 3.35. The predicted molar refractivity (Wildman–Crippen MR) is 135 cm³/mol. The number of ether oxygens (including phenoxy) is 1. The summed E-state index contributed by atoms with van der Waals surface area (Å²) in [4.78, 5) is 32.0. The van der Waals surface area contributed by atoms with Crippen LogP contribution in [0.1, 0.15) is 48.7 Å². The number of thiazole rings is 1. The van der Waals surface area contributed by atoms with Gasteiger partial charge in [0.1, 0.15) is 5.75 Å². The van der Waals surface area contributed by atoms with Crippen molar-refractivity contribution in [3.63, 3.8) is 0 Å². The maximum Gasteiger partial charge on any atom is 0.319 e. The van der Waals surface area contributed by atoms with Crippen molar-refractivity contribution >= 4 is 28.3 Å². The lowest BCUT2D eigenvalue weighted by atomic mass is 9.97. The molecule has 1 N–H and O–H groups in total. The molecule has 1 aliphatic heterocycles. The van der Waals surface area contributed by atoms with Gasteiger partial charge in [-0.25, -0.2) is 4.98 Å². The minimum Gasteiger partial charge on any atom is -0.618 e. The van der Waals surface area contributed by atoms with E-state index in [1.807, 2.05) is 11.4 Å². The number of methoxy groups -OCH3 is 1. The predicted octanol–water partition coefficient (Wildman–Crippen LogP) is 4.29. The van der Waals surface area contributed by atoms with Crippen LogP contribution in [0.15, 0.2) is 48.0 Å². The van der Waals surface area contributed by atoms with E-state index >= 15 is 0 Å². The summed E-state index contributed by atoms with van der Waals surface area (Å²) < 4.78 is 6.10. The summed E-state index contributed by atoms with van der Waals surface area (Å²) in [5.74, 6) is -0.151. The van der Waals surface area contributed by atoms with Crippen molar-refractivity contribution in [2.24, 2.45) is 5.92 Å². The van der Waals surface area contributed by atoms with Gasteiger partial charge in [-0.3, -0.25) is 9.59 Å². The zero-order valence-corrected chi connectivity index (χ0v) is 20.8. The minimum absolute atomic E-state index is 0.0632. The molecule has 1 aliphatic rings. The number of nitrogens with one attached hydrogen (secondary N) is 1. The van der Waals surface area contributed by atoms with Crippen molar-refractivity contribution < 1.29 is 19.1 Å². The highest BCUT2D eigenvalue weighted by Gasteiger charge is 2.32. The molecule has 1 aromatic carbocycles. The molecule has 0 bridgehead atoms. The summed E-state index contributed by atoms with van der Waals surface area (Å²) in [5.41, 5.74) is 2.95. The molecule has 0 saturated carbocycles. The van der Waals surface area contributed by atoms with Gasteiger partial charge in [0.05, 0.1) is 18.7 Å². The smallest absolute Gasteiger partial charge is 0.319 e. The Kier molecular flexibility index (Phi) is 7.97. The number of amides is 2. The summed E-state index contributed by atoms with van der Waals surface area (Å²) in [6, 6.07) is 10.9. The van der Waals surface area contributed by atoms with Crippen molar-refractivity contribution in [1.82, 2.24) is 9.88 Å². The van der Waals surface area contributed by atoms with Crippen LogP contribution in [-0.4, -0.2) is 41.9 Å². The van der Waals surface area contributed by atoms with Gasteiger partial charge in [0.2, 0.25) is 5.91 Å². The van der Waals surface area contributed by atoms with Crippen LogP contribution in [0.2, 0.25) is 0 Å². The van der Waals surface area contributed by atoms with E-state index in [9.17, 15) is 14.8 Å². The van der Waals surface area contributed by atoms with E-state index in [2.05, 4.69) is 29.4 Å². The maximum atomic E-state index is 13.0. The Hall–Kier alpha value is -3.46. The lowest BCUT2D eigenvalue weighted by Gasteiger charge is -2.31. The molecule has 1 atom stereocenters. The van der Waals surface area contributed by atoms with E-state index in [0.717, 1.165) is 36.3 Å². The number of pyridine rings is 1. The Morgan fingerprint density at radius 2 is 2.17 bits per heavy atom. The van der Waals surface area contributed by atoms with Crippen LogP contribution in [-0.2, 0) is 11.2 Å². The molecule has 1 fully saturated rings. The molecule has 0 aliphatic carbocycles. The number of hydrogen-bond donors (Lipinski definition) is 1. The number of hydrogen-bond acceptors (Lipinski definition) is 6. The highest BCUT2D eigenvalue weighted by Crippen LogP contribution is 2.34. The van der Waals surface area contributed by atoms with Gasteiger partial charge in [-0.15, -0.1) is 11.3 Å². The van der Waals surface area contributed by atoms with Crippen LogP contribution in [0.4, 0.5) is 5.13 Å². The number of anilines is 1. The van der Waals surface area contributed by atoms with Gasteiger partial charge in [-0.05, 0) is 49.4 Å². The summed E-state index contributed by atoms with van der Waals surface area (Å²) >= 11 is 1.36. The van der Waals surface area contributed by atoms with Crippen LogP contribution >= 0.6 is 11.3 Å². The molecular formula is C26H30N4O4S. The summed E-state index contributed by atoms with van der Waals surface area (Å²) in [6.07, 6.45) is 5.90. The van der Waals surface area contributed by atoms with Crippen molar-refractivity contribution in [3.8, 4) is 17.0 Å². The van der Waals surface area contributed by atoms with E-state index < -0.39 is 0 Å². The first-order chi connectivity index (χ1) is 17.0. The van der Waals surface area contributed by atoms with Gasteiger partial charge in [-0.1, -0.05) is 19.4 Å². The van der Waals surface area contributed by atoms with E-state index in [4.69, 9.17) is 4.74 Å². The Labute approximate surface area is 209 Å². The third-order valence-electron chi connectivity index (χ3n) is 6.22. The number of aryl methyl sites for hydroxylation is 1. The molecule has 9 heteroatoms. The molecule has 35 heavy (non-hydrogen) atoms. The highest BCUT2D eigenvalue weighted by atomic mass is 32.1. The molecule has 1 unspecified atom stereocenters. The lowest BCUT2D eigenvalue weighted by molar-refractivity contribution is -0.608. The van der Waals surface area contributed by atoms with Crippen molar-refractivity contribution in [3.05, 3.63) is 64.4 Å². The number of piperidine rings is 1. The quantitative estimate of drug-likeness (QED) is 0.372. The fourth-order valence-corrected chi connectivity index (χ4v) is 5.00. The number of carbonyl (C=O) groups excluding carboxylic acids is 2. The largest absolute Gasteiger partial charge is 0.618 e. The second-order valence-electron chi connectivity index (χ2n) is 8.67. The van der Waals surface area contributed by atoms with Crippen LogP contribution in [0.3, 0.4) is 0 Å². The van der Waals surface area contributed by atoms with Crippen LogP contribution in [0.5, 0.6) is 5.75 Å². The molecule has 4 rings (SSSR count). The van der Waals surface area contributed by atoms with Gasteiger partial charge in [0.25, 0.3) is 5.69 Å². The number of carbonyl (C=O) groups is 2. The number of unbranched alkanes of at least 4 members (excludes halogenated alkanes) is 1. The van der Waals surface area contributed by atoms with Crippen molar-refractivity contribution in [1.29, 1.82) is 0 Å². The summed E-state index contributed by atoms with van der Waals surface area (Å²) in [5, 5.41) is 17.3. The SMILES string of the molecule is CCCCc1ccc(OC)c(-c2csc(NC(=O)C3CCCN(C(=O)c4cccc[n+]4[O-])C3)n2)c1. The van der Waals surface area contributed by atoms with E-state index in [1.165, 1.54) is 29.2 Å². The second kappa shape index (κ2) is 11.3. The molecule has 8 nitrogen and oxygen atoms in total. The summed E-state index contributed by atoms with van der Waals surface area (Å²) in [7, 11) is 1.64. The molecule has 1 saturated heterocycles. The number of nitrogens with zero attached hydrogens (tertiary/aromatic N) is 3. The number of aromatic nitrogens is 2. The Morgan fingerprint density at radius 3 is 2.94 bits per heavy atom. The van der Waals surface area contributed by atoms with E-state index in [1.54, 1.807) is 24.1 Å². The second-order valence-corrected chi connectivity index (χ2v) is 9.53. The first kappa shape index (κ1) is 24.7. The van der Waals surface area contributed by atoms with Crippen LogP contribution in [0, 0.1) is 11.1 Å². The van der Waals surface area contributed by atoms with Gasteiger partial charge < -0.3 is 20.2 Å². The number of likely N-dealkylation sites (tertiary alicyclic amines) is 1. The minimum atomic E-state index is -0.365. The van der Waals surface area contributed by atoms with Gasteiger partial charge in [0, 0.05) is 36.2 Å². The number of benzene rings is 1. The van der Waals surface area contributed by atoms with Crippen LogP contribution in [0.25, 0.3) is 11.3 Å². The Bertz CT molecular complexity index is 1200. The first-order valence-corrected chi connectivity index (χ1v) is 12.8. The summed E-state index contributed by atoms with van der Waals surface area (Å²) in [6.45, 7) is 2.96. The first-order valence-electron chi connectivity index (χ1n) is 11.9. The molecule has 0 radical (unpaired) electrons. The van der Waals surface area contributed by atoms with Crippen molar-refractivity contribution in [2.45, 2.75) is 39.0 Å². The van der Waals surface area contributed by atoms with Crippen LogP contribution < -0.4 is 14.8 Å². The molecule has 2 amide bonds. The Morgan fingerprint density at radius 1 is 1.31 bits per heavy atom. The van der Waals surface area contributed by atoms with Gasteiger partial charge >= 0.3 is 5.91 Å². The molecule has 2 aromatic heterocycles. The molecule has 3 heterocycles. The molecule has 184 valence electrons. The number of rotatable bonds is 8. The molecule has 0 spiro atoms. The van der Waals surface area contributed by atoms with Gasteiger partial charge in [-0.2, -0.15) is 4.73 Å². The van der Waals surface area contributed by atoms with Gasteiger partial charge in [0.15, 0.2) is 11.3 Å². The zero-order valence-electron chi connectivity index (χ0n) is 20.0. The maximum absolute atomic E-state index is 13.0. The molecular weight excluding hydrogens is 464 g/mol. The third kappa shape index (κ3) is 5.79. The topological polar surface area (TPSA) is 98.5 Å². The fraction of sp³-hybridized carbons (Fsp3) is 0.385. The van der Waals surface area contributed by atoms with E-state index in [-0.39, 0.29) is 30.0 Å². The normalized spacial score (nSPS) is 15.6. The Balaban J connectivity index is 1.44. The molecule has 3 aromatic rings. The van der Waals surface area contributed by atoms with Crippen molar-refractivity contribution in [2.75, 3.05) is 25.5 Å². The average molecular weight is 495 g/mol. The standard InChI is InChI=1S/C26H30N4O4S/c1-3-4-8-18-11-12-23(34-2)20(15-18)21-17-35-26(27-21)28-24(31)19-9-7-13-29(16-19)25(32)22-10-5-6-14-30(22)33/h5-6,10-12,14-15,17,19H,3-4,7-9,13,16H2,1-2H3,(H,27,28,31). The lowest BCUT2D eigenvalue weighted by Crippen LogP contribution is -2.47. The van der Waals surface area contributed by atoms with E-state index in [0.29, 0.717) is 29.2 Å². The zero-order chi connectivity index (χ0) is 24.8. The monoisotopic (exact) mass is 494 g/mol.